The molecule has 82 valence electrons. The van der Waals surface area contributed by atoms with Gasteiger partial charge in [-0.2, -0.15) is 0 Å². The Kier molecular flexibility index (Phi) is 2.32. The summed E-state index contributed by atoms with van der Waals surface area (Å²) < 4.78 is 5.01. The van der Waals surface area contributed by atoms with Gasteiger partial charge in [0.15, 0.2) is 11.3 Å². The lowest BCUT2D eigenvalue weighted by atomic mass is 10.2. The highest BCUT2D eigenvalue weighted by molar-refractivity contribution is 6.05. The minimum absolute atomic E-state index is 0.147. The van der Waals surface area contributed by atoms with Gasteiger partial charge in [0.05, 0.1) is 5.39 Å². The first-order chi connectivity index (χ1) is 7.58. The Morgan fingerprint density at radius 1 is 1.56 bits per heavy atom. The van der Waals surface area contributed by atoms with E-state index in [2.05, 4.69) is 10.5 Å². The molecule has 0 spiro atoms. The normalized spacial score (nSPS) is 10.3. The summed E-state index contributed by atoms with van der Waals surface area (Å²) in [6, 6.07) is 5.04. The standard InChI is InChI=1S/C10H10N4O2/c1-5(15)13-6-2-3-7-8(4-6)16-14-9(7)10(11)12/h2-4H,1H3,(H3,11,12)(H,13,15). The minimum Gasteiger partial charge on any atom is -0.382 e. The number of anilines is 1. The quantitative estimate of drug-likeness (QED) is 0.517. The van der Waals surface area contributed by atoms with E-state index in [1.165, 1.54) is 6.92 Å². The van der Waals surface area contributed by atoms with Crippen LogP contribution in [-0.4, -0.2) is 16.9 Å². The lowest BCUT2D eigenvalue weighted by Crippen LogP contribution is -2.11. The molecule has 0 bridgehead atoms. The van der Waals surface area contributed by atoms with Crippen LogP contribution in [0.1, 0.15) is 12.6 Å². The number of amidine groups is 1. The van der Waals surface area contributed by atoms with E-state index in [1.54, 1.807) is 18.2 Å². The molecule has 0 radical (unpaired) electrons. The van der Waals surface area contributed by atoms with Crippen molar-refractivity contribution in [1.29, 1.82) is 5.41 Å². The van der Waals surface area contributed by atoms with Crippen LogP contribution >= 0.6 is 0 Å². The zero-order valence-corrected chi connectivity index (χ0v) is 8.57. The maximum absolute atomic E-state index is 10.9. The van der Waals surface area contributed by atoms with Crippen LogP contribution in [0.2, 0.25) is 0 Å². The number of nitrogens with two attached hydrogens (primary N) is 1. The zero-order valence-electron chi connectivity index (χ0n) is 8.57. The van der Waals surface area contributed by atoms with Gasteiger partial charge in [0.1, 0.15) is 5.84 Å². The van der Waals surface area contributed by atoms with Crippen LogP contribution in [-0.2, 0) is 4.79 Å². The maximum Gasteiger partial charge on any atom is 0.221 e. The van der Waals surface area contributed by atoms with E-state index in [1.807, 2.05) is 0 Å². The molecular formula is C10H10N4O2. The monoisotopic (exact) mass is 218 g/mol. The molecule has 0 aliphatic heterocycles. The fourth-order valence-corrected chi connectivity index (χ4v) is 1.41. The number of aromatic nitrogens is 1. The number of amides is 1. The Balaban J connectivity index is 2.49. The summed E-state index contributed by atoms with van der Waals surface area (Å²) in [7, 11) is 0. The first kappa shape index (κ1) is 10.2. The summed E-state index contributed by atoms with van der Waals surface area (Å²) in [5, 5.41) is 14.2. The molecule has 2 aromatic rings. The van der Waals surface area contributed by atoms with Gasteiger partial charge in [-0.3, -0.25) is 10.2 Å². The van der Waals surface area contributed by atoms with Crippen molar-refractivity contribution in [3.63, 3.8) is 0 Å². The third-order valence-electron chi connectivity index (χ3n) is 2.05. The Morgan fingerprint density at radius 3 is 2.94 bits per heavy atom. The topological polar surface area (TPSA) is 105 Å². The van der Waals surface area contributed by atoms with Crippen molar-refractivity contribution in [3.8, 4) is 0 Å². The fourth-order valence-electron chi connectivity index (χ4n) is 1.41. The first-order valence-electron chi connectivity index (χ1n) is 4.59. The van der Waals surface area contributed by atoms with Crippen molar-refractivity contribution in [2.45, 2.75) is 6.92 Å². The Labute approximate surface area is 90.9 Å². The van der Waals surface area contributed by atoms with Gasteiger partial charge in [0.25, 0.3) is 0 Å². The van der Waals surface area contributed by atoms with Crippen LogP contribution in [0.3, 0.4) is 0 Å². The van der Waals surface area contributed by atoms with E-state index >= 15 is 0 Å². The molecule has 1 amide bonds. The first-order valence-corrected chi connectivity index (χ1v) is 4.59. The molecule has 0 aliphatic rings. The number of nitrogen functional groups attached to an aromatic ring is 1. The van der Waals surface area contributed by atoms with Gasteiger partial charge in [-0.25, -0.2) is 0 Å². The van der Waals surface area contributed by atoms with Crippen molar-refractivity contribution in [3.05, 3.63) is 23.9 Å². The molecule has 0 saturated carbocycles. The summed E-state index contributed by atoms with van der Waals surface area (Å²) in [6.07, 6.45) is 0. The molecule has 1 heterocycles. The molecule has 0 atom stereocenters. The van der Waals surface area contributed by atoms with Gasteiger partial charge in [-0.05, 0) is 12.1 Å². The Hall–Kier alpha value is -2.37. The molecule has 0 saturated heterocycles. The highest BCUT2D eigenvalue weighted by atomic mass is 16.5. The number of fused-ring (bicyclic) bond motifs is 1. The Bertz CT molecular complexity index is 573. The molecule has 0 fully saturated rings. The van der Waals surface area contributed by atoms with Gasteiger partial charge in [0.2, 0.25) is 5.91 Å². The molecule has 4 N–H and O–H groups in total. The molecule has 0 unspecified atom stereocenters. The van der Waals surface area contributed by atoms with Crippen molar-refractivity contribution >= 4 is 28.4 Å². The van der Waals surface area contributed by atoms with Crippen molar-refractivity contribution in [1.82, 2.24) is 5.16 Å². The van der Waals surface area contributed by atoms with Crippen LogP contribution in [0.4, 0.5) is 5.69 Å². The summed E-state index contributed by atoms with van der Waals surface area (Å²) in [4.78, 5) is 10.9. The molecule has 6 heteroatoms. The van der Waals surface area contributed by atoms with E-state index in [4.69, 9.17) is 15.7 Å². The van der Waals surface area contributed by atoms with Gasteiger partial charge in [-0.1, -0.05) is 5.16 Å². The van der Waals surface area contributed by atoms with Crippen LogP contribution in [0, 0.1) is 5.41 Å². The van der Waals surface area contributed by atoms with Crippen LogP contribution < -0.4 is 11.1 Å². The molecular weight excluding hydrogens is 208 g/mol. The van der Waals surface area contributed by atoms with Gasteiger partial charge in [0, 0.05) is 18.7 Å². The molecule has 6 nitrogen and oxygen atoms in total. The highest BCUT2D eigenvalue weighted by Crippen LogP contribution is 2.21. The number of carbonyl (C=O) groups is 1. The van der Waals surface area contributed by atoms with E-state index in [0.29, 0.717) is 22.4 Å². The lowest BCUT2D eigenvalue weighted by molar-refractivity contribution is -0.114. The van der Waals surface area contributed by atoms with Gasteiger partial charge >= 0.3 is 0 Å². The highest BCUT2D eigenvalue weighted by Gasteiger charge is 2.11. The molecule has 16 heavy (non-hydrogen) atoms. The number of rotatable bonds is 2. The summed E-state index contributed by atoms with van der Waals surface area (Å²) in [5.74, 6) is -0.309. The second-order valence-corrected chi connectivity index (χ2v) is 3.34. The van der Waals surface area contributed by atoms with Crippen LogP contribution in [0.15, 0.2) is 22.7 Å². The van der Waals surface area contributed by atoms with Crippen molar-refractivity contribution < 1.29 is 9.32 Å². The summed E-state index contributed by atoms with van der Waals surface area (Å²) >= 11 is 0. The fraction of sp³-hybridized carbons (Fsp3) is 0.100. The smallest absolute Gasteiger partial charge is 0.221 e. The number of hydrogen-bond donors (Lipinski definition) is 3. The van der Waals surface area contributed by atoms with E-state index < -0.39 is 0 Å². The second-order valence-electron chi connectivity index (χ2n) is 3.34. The summed E-state index contributed by atoms with van der Waals surface area (Å²) in [6.45, 7) is 1.42. The van der Waals surface area contributed by atoms with Crippen LogP contribution in [0.25, 0.3) is 11.0 Å². The Morgan fingerprint density at radius 2 is 2.31 bits per heavy atom. The average Bonchev–Trinajstić information content (AvgIpc) is 2.59. The molecule has 1 aromatic carbocycles. The number of carbonyl (C=O) groups excluding carboxylic acids is 1. The predicted octanol–water partition coefficient (Wildman–Crippen LogP) is 1.07. The molecule has 1 aromatic heterocycles. The summed E-state index contributed by atoms with van der Waals surface area (Å²) in [5.41, 5.74) is 6.74. The molecule has 0 aliphatic carbocycles. The zero-order chi connectivity index (χ0) is 11.7. The number of nitrogens with zero attached hydrogens (tertiary/aromatic N) is 1. The van der Waals surface area contributed by atoms with E-state index in [9.17, 15) is 4.79 Å². The van der Waals surface area contributed by atoms with E-state index in [0.717, 1.165) is 0 Å². The number of nitrogens with one attached hydrogen (secondary N) is 2. The second kappa shape index (κ2) is 3.65. The largest absolute Gasteiger partial charge is 0.382 e. The maximum atomic E-state index is 10.9. The number of benzene rings is 1. The SMILES string of the molecule is CC(=O)Nc1ccc2c(C(=N)N)noc2c1. The average molecular weight is 218 g/mol. The molecule has 2 rings (SSSR count). The lowest BCUT2D eigenvalue weighted by Gasteiger charge is -2.00. The third kappa shape index (κ3) is 1.72. The predicted molar refractivity (Wildman–Crippen MR) is 59.3 cm³/mol. The van der Waals surface area contributed by atoms with Crippen molar-refractivity contribution in [2.75, 3.05) is 5.32 Å². The van der Waals surface area contributed by atoms with Crippen LogP contribution in [0.5, 0.6) is 0 Å². The van der Waals surface area contributed by atoms with E-state index in [-0.39, 0.29) is 11.7 Å². The van der Waals surface area contributed by atoms with Crippen molar-refractivity contribution in [2.24, 2.45) is 5.73 Å². The minimum atomic E-state index is -0.161. The van der Waals surface area contributed by atoms with Gasteiger partial charge in [-0.15, -0.1) is 0 Å². The number of hydrogen-bond acceptors (Lipinski definition) is 4. The third-order valence-corrected chi connectivity index (χ3v) is 2.05. The van der Waals surface area contributed by atoms with Gasteiger partial charge < -0.3 is 15.6 Å².